The highest BCUT2D eigenvalue weighted by atomic mass is 19.4. The molecule has 0 aliphatic rings. The van der Waals surface area contributed by atoms with Gasteiger partial charge in [-0.2, -0.15) is 5.26 Å². The summed E-state index contributed by atoms with van der Waals surface area (Å²) in [6.07, 6.45) is -3.84. The third-order valence-corrected chi connectivity index (χ3v) is 4.90. The number of ether oxygens (including phenoxy) is 1. The summed E-state index contributed by atoms with van der Waals surface area (Å²) in [4.78, 5) is 15.0. The van der Waals surface area contributed by atoms with E-state index in [0.29, 0.717) is 35.0 Å². The Balaban J connectivity index is 1.91. The lowest BCUT2D eigenvalue weighted by Gasteiger charge is -2.23. The van der Waals surface area contributed by atoms with E-state index in [9.17, 15) is 23.2 Å². The van der Waals surface area contributed by atoms with Crippen molar-refractivity contribution < 1.29 is 17.9 Å². The number of hydrogen-bond acceptors (Lipinski definition) is 3. The van der Waals surface area contributed by atoms with Crippen LogP contribution in [-0.4, -0.2) is 11.3 Å². The molecule has 0 saturated heterocycles. The minimum Gasteiger partial charge on any atom is -0.406 e. The Kier molecular flexibility index (Phi) is 5.38. The summed E-state index contributed by atoms with van der Waals surface area (Å²) in [6, 6.07) is 15.1. The first-order valence-corrected chi connectivity index (χ1v) is 9.06. The quantitative estimate of drug-likeness (QED) is 0.655. The van der Waals surface area contributed by atoms with Gasteiger partial charge in [-0.1, -0.05) is 31.2 Å². The van der Waals surface area contributed by atoms with E-state index in [0.717, 1.165) is 5.39 Å². The number of aromatic amines is 1. The lowest BCUT2D eigenvalue weighted by Crippen LogP contribution is -2.23. The van der Waals surface area contributed by atoms with Crippen molar-refractivity contribution in [1.82, 2.24) is 4.98 Å². The minimum atomic E-state index is -4.75. The molecule has 1 unspecified atom stereocenters. The fourth-order valence-electron chi connectivity index (χ4n) is 3.28. The number of alkyl halides is 3. The smallest absolute Gasteiger partial charge is 0.406 e. The predicted octanol–water partition coefficient (Wildman–Crippen LogP) is 5.01. The Hall–Kier alpha value is -3.27. The largest absolute Gasteiger partial charge is 0.573 e. The molecule has 0 fully saturated rings. The highest BCUT2D eigenvalue weighted by Crippen LogP contribution is 2.31. The summed E-state index contributed by atoms with van der Waals surface area (Å²) in [5.41, 5.74) is 1.65. The molecule has 7 heteroatoms. The maximum absolute atomic E-state index is 12.3. The lowest BCUT2D eigenvalue weighted by atomic mass is 9.78. The van der Waals surface area contributed by atoms with Crippen LogP contribution in [0.1, 0.15) is 30.5 Å². The normalized spacial score (nSPS) is 13.7. The Morgan fingerprint density at radius 1 is 1.10 bits per heavy atom. The molecule has 0 radical (unpaired) electrons. The number of hydrogen-bond donors (Lipinski definition) is 1. The predicted molar refractivity (Wildman–Crippen MR) is 104 cm³/mol. The van der Waals surface area contributed by atoms with Crippen molar-refractivity contribution >= 4 is 10.9 Å². The molecule has 2 aromatic carbocycles. The van der Waals surface area contributed by atoms with Crippen LogP contribution in [0.25, 0.3) is 10.9 Å². The number of rotatable bonds is 5. The van der Waals surface area contributed by atoms with Crippen molar-refractivity contribution in [3.05, 3.63) is 75.6 Å². The number of nitrogens with zero attached hydrogens (tertiary/aromatic N) is 1. The second kappa shape index (κ2) is 7.63. The van der Waals surface area contributed by atoms with Crippen molar-refractivity contribution in [3.8, 4) is 11.8 Å². The lowest BCUT2D eigenvalue weighted by molar-refractivity contribution is -0.274. The van der Waals surface area contributed by atoms with Crippen LogP contribution in [0.5, 0.6) is 5.75 Å². The van der Waals surface area contributed by atoms with E-state index in [1.54, 1.807) is 13.0 Å². The van der Waals surface area contributed by atoms with Gasteiger partial charge in [0.2, 0.25) is 0 Å². The van der Waals surface area contributed by atoms with Gasteiger partial charge in [0, 0.05) is 11.1 Å². The number of benzene rings is 2. The second-order valence-corrected chi connectivity index (χ2v) is 7.09. The fourth-order valence-corrected chi connectivity index (χ4v) is 3.28. The number of H-pyrrole nitrogens is 1. The van der Waals surface area contributed by atoms with Crippen molar-refractivity contribution in [2.24, 2.45) is 0 Å². The summed E-state index contributed by atoms with van der Waals surface area (Å²) in [7, 11) is 0. The molecule has 1 aromatic heterocycles. The van der Waals surface area contributed by atoms with E-state index < -0.39 is 11.8 Å². The Morgan fingerprint density at radius 3 is 2.38 bits per heavy atom. The number of aromatic nitrogens is 1. The number of fused-ring (bicyclic) bond motifs is 1. The molecule has 0 saturated carbocycles. The zero-order valence-corrected chi connectivity index (χ0v) is 15.9. The summed E-state index contributed by atoms with van der Waals surface area (Å²) < 4.78 is 40.8. The van der Waals surface area contributed by atoms with Crippen LogP contribution in [0.3, 0.4) is 0 Å². The molecule has 0 spiro atoms. The highest BCUT2D eigenvalue weighted by molar-refractivity contribution is 5.80. The number of pyridine rings is 1. The molecule has 1 N–H and O–H groups in total. The monoisotopic (exact) mass is 400 g/mol. The number of nitrogens with one attached hydrogen (secondary N) is 1. The van der Waals surface area contributed by atoms with E-state index in [-0.39, 0.29) is 11.3 Å². The molecule has 29 heavy (non-hydrogen) atoms. The zero-order chi connectivity index (χ0) is 21.2. The number of halogens is 3. The third kappa shape index (κ3) is 4.60. The Labute approximate surface area is 165 Å². The van der Waals surface area contributed by atoms with E-state index in [1.165, 1.54) is 24.3 Å². The first kappa shape index (κ1) is 20.5. The van der Waals surface area contributed by atoms with Gasteiger partial charge in [-0.15, -0.1) is 13.2 Å². The molecule has 150 valence electrons. The van der Waals surface area contributed by atoms with Gasteiger partial charge in [-0.25, -0.2) is 0 Å². The van der Waals surface area contributed by atoms with E-state index in [2.05, 4.69) is 15.8 Å². The number of nitriles is 1. The molecular weight excluding hydrogens is 381 g/mol. The maximum atomic E-state index is 12.3. The molecule has 1 heterocycles. The van der Waals surface area contributed by atoms with Gasteiger partial charge in [0.1, 0.15) is 5.75 Å². The van der Waals surface area contributed by atoms with Gasteiger partial charge in [0.05, 0.1) is 11.5 Å². The summed E-state index contributed by atoms with van der Waals surface area (Å²) in [5, 5.41) is 10.7. The van der Waals surface area contributed by atoms with E-state index in [1.807, 2.05) is 25.1 Å². The average molecular weight is 400 g/mol. The van der Waals surface area contributed by atoms with Crippen molar-refractivity contribution in [1.29, 1.82) is 5.26 Å². The summed E-state index contributed by atoms with van der Waals surface area (Å²) >= 11 is 0. The van der Waals surface area contributed by atoms with Gasteiger partial charge in [-0.05, 0) is 60.5 Å². The molecular formula is C22H19F3N2O2. The fraction of sp³-hybridized carbons (Fsp3) is 0.273. The standard InChI is InChI=1S/C22H19F3N2O2/c1-3-15-10-16-6-7-17(11-19(16)27-20(15)28)21(2,13-26)12-14-4-8-18(9-5-14)29-22(23,24)25/h4-11H,3,12H2,1-2H3,(H,27,28). The second-order valence-electron chi connectivity index (χ2n) is 7.09. The minimum absolute atomic E-state index is 0.156. The molecule has 0 aliphatic carbocycles. The molecule has 3 aromatic rings. The number of aryl methyl sites for hydroxylation is 1. The zero-order valence-electron chi connectivity index (χ0n) is 15.9. The SMILES string of the molecule is CCc1cc2ccc(C(C)(C#N)Cc3ccc(OC(F)(F)F)cc3)cc2[nH]c1=O. The van der Waals surface area contributed by atoms with Crippen LogP contribution in [0.2, 0.25) is 0 Å². The van der Waals surface area contributed by atoms with Crippen molar-refractivity contribution in [2.45, 2.75) is 38.5 Å². The summed E-state index contributed by atoms with van der Waals surface area (Å²) in [6.45, 7) is 3.66. The van der Waals surface area contributed by atoms with Crippen molar-refractivity contribution in [2.75, 3.05) is 0 Å². The molecule has 4 nitrogen and oxygen atoms in total. The average Bonchev–Trinajstić information content (AvgIpc) is 2.67. The first-order valence-electron chi connectivity index (χ1n) is 9.06. The van der Waals surface area contributed by atoms with Crippen LogP contribution in [0.4, 0.5) is 13.2 Å². The summed E-state index contributed by atoms with van der Waals surface area (Å²) in [5.74, 6) is -0.310. The Bertz CT molecular complexity index is 1130. The van der Waals surface area contributed by atoms with Crippen LogP contribution in [0, 0.1) is 11.3 Å². The highest BCUT2D eigenvalue weighted by Gasteiger charge is 2.31. The molecule has 0 aliphatic heterocycles. The third-order valence-electron chi connectivity index (χ3n) is 4.90. The topological polar surface area (TPSA) is 65.9 Å². The molecule has 0 amide bonds. The molecule has 0 bridgehead atoms. The molecule has 3 rings (SSSR count). The van der Waals surface area contributed by atoms with Gasteiger partial charge in [0.25, 0.3) is 5.56 Å². The molecule has 1 atom stereocenters. The maximum Gasteiger partial charge on any atom is 0.573 e. The first-order chi connectivity index (χ1) is 13.6. The van der Waals surface area contributed by atoms with Crippen LogP contribution < -0.4 is 10.3 Å². The van der Waals surface area contributed by atoms with Crippen molar-refractivity contribution in [3.63, 3.8) is 0 Å². The van der Waals surface area contributed by atoms with Gasteiger partial charge in [0.15, 0.2) is 0 Å². The van der Waals surface area contributed by atoms with E-state index >= 15 is 0 Å². The van der Waals surface area contributed by atoms with Gasteiger partial charge < -0.3 is 9.72 Å². The Morgan fingerprint density at radius 2 is 1.79 bits per heavy atom. The van der Waals surface area contributed by atoms with Gasteiger partial charge in [-0.3, -0.25) is 4.79 Å². The van der Waals surface area contributed by atoms with Gasteiger partial charge >= 0.3 is 6.36 Å². The van der Waals surface area contributed by atoms with Crippen LogP contribution in [-0.2, 0) is 18.3 Å². The van der Waals surface area contributed by atoms with Crippen LogP contribution >= 0.6 is 0 Å². The van der Waals surface area contributed by atoms with E-state index in [4.69, 9.17) is 0 Å². The van der Waals surface area contributed by atoms with Crippen LogP contribution in [0.15, 0.2) is 53.3 Å².